The fourth-order valence-corrected chi connectivity index (χ4v) is 5.00. The molecule has 0 bridgehead atoms. The maximum Gasteiger partial charge on any atom is 0.268 e. The van der Waals surface area contributed by atoms with Crippen LogP contribution >= 0.6 is 0 Å². The van der Waals surface area contributed by atoms with Crippen LogP contribution in [0.1, 0.15) is 46.5 Å². The van der Waals surface area contributed by atoms with Gasteiger partial charge in [-0.1, -0.05) is 20.1 Å². The lowest BCUT2D eigenvalue weighted by Crippen LogP contribution is -2.54. The smallest absolute Gasteiger partial charge is 0.268 e. The molecule has 0 radical (unpaired) electrons. The molecule has 7 heteroatoms. The highest BCUT2D eigenvalue weighted by molar-refractivity contribution is 7.86. The lowest BCUT2D eigenvalue weighted by molar-refractivity contribution is -0.118. The Balaban J connectivity index is 3.10. The zero-order valence-electron chi connectivity index (χ0n) is 14.5. The van der Waals surface area contributed by atoms with E-state index in [0.29, 0.717) is 12.8 Å². The molecule has 0 aromatic carbocycles. The maximum absolute atomic E-state index is 11.9. The minimum absolute atomic E-state index is 0.0210. The van der Waals surface area contributed by atoms with E-state index in [9.17, 15) is 22.6 Å². The summed E-state index contributed by atoms with van der Waals surface area (Å²) in [5.41, 5.74) is -1.51. The number of carbonyl (C=O) groups excluding carboxylic acids is 2. The third-order valence-corrected chi connectivity index (χ3v) is 6.64. The van der Waals surface area contributed by atoms with E-state index in [-0.39, 0.29) is 30.4 Å². The molecule has 24 heavy (non-hydrogen) atoms. The molecule has 1 aliphatic rings. The van der Waals surface area contributed by atoms with Gasteiger partial charge < -0.3 is 5.32 Å². The van der Waals surface area contributed by atoms with Crippen molar-refractivity contribution in [2.45, 2.75) is 57.2 Å². The minimum Gasteiger partial charge on any atom is -0.347 e. The first kappa shape index (κ1) is 20.6. The van der Waals surface area contributed by atoms with Crippen molar-refractivity contribution in [1.82, 2.24) is 5.32 Å². The van der Waals surface area contributed by atoms with Gasteiger partial charge in [0.2, 0.25) is 5.91 Å². The van der Waals surface area contributed by atoms with Gasteiger partial charge in [0.15, 0.2) is 5.78 Å². The predicted molar refractivity (Wildman–Crippen MR) is 93.0 cm³/mol. The highest BCUT2D eigenvalue weighted by Gasteiger charge is 2.50. The standard InChI is InChI=1S/C17H27NO5S/c1-6-13(19)11-17(5)9-8-12(10-14(17)24(21,22)23)16(3,4)18-15(20)7-2/h6-7,12,14H,1-2,8-11H2,3-5H3,(H,18,20)(H,21,22,23). The molecular formula is C17H27NO5S. The average Bonchev–Trinajstić information content (AvgIpc) is 2.44. The van der Waals surface area contributed by atoms with Crippen LogP contribution in [0.5, 0.6) is 0 Å². The molecule has 1 amide bonds. The number of amides is 1. The number of hydrogen-bond donors (Lipinski definition) is 2. The number of rotatable bonds is 7. The fraction of sp³-hybridized carbons (Fsp3) is 0.647. The molecule has 136 valence electrons. The molecule has 0 heterocycles. The molecule has 2 N–H and O–H groups in total. The Morgan fingerprint density at radius 3 is 2.38 bits per heavy atom. The van der Waals surface area contributed by atoms with Crippen molar-refractivity contribution in [2.24, 2.45) is 11.3 Å². The first-order valence-electron chi connectivity index (χ1n) is 7.92. The average molecular weight is 357 g/mol. The third kappa shape index (κ3) is 4.77. The maximum atomic E-state index is 11.9. The van der Waals surface area contributed by atoms with Gasteiger partial charge in [-0.2, -0.15) is 8.42 Å². The summed E-state index contributed by atoms with van der Waals surface area (Å²) in [6.45, 7) is 12.2. The van der Waals surface area contributed by atoms with E-state index in [1.165, 1.54) is 6.08 Å². The van der Waals surface area contributed by atoms with Crippen LogP contribution in [0, 0.1) is 11.3 Å². The normalized spacial score (nSPS) is 28.0. The second kappa shape index (κ2) is 7.19. The van der Waals surface area contributed by atoms with Gasteiger partial charge in [-0.05, 0) is 56.6 Å². The molecule has 1 rings (SSSR count). The molecule has 3 atom stereocenters. The van der Waals surface area contributed by atoms with Crippen LogP contribution in [0.2, 0.25) is 0 Å². The zero-order chi connectivity index (χ0) is 18.8. The van der Waals surface area contributed by atoms with Crippen molar-refractivity contribution in [3.8, 4) is 0 Å². The summed E-state index contributed by atoms with van der Waals surface area (Å²) >= 11 is 0. The van der Waals surface area contributed by atoms with Gasteiger partial charge in [0.05, 0.1) is 5.25 Å². The summed E-state index contributed by atoms with van der Waals surface area (Å²) in [4.78, 5) is 23.4. The van der Waals surface area contributed by atoms with Crippen molar-refractivity contribution < 1.29 is 22.6 Å². The molecule has 0 aromatic heterocycles. The largest absolute Gasteiger partial charge is 0.347 e. The molecule has 3 unspecified atom stereocenters. The first-order valence-corrected chi connectivity index (χ1v) is 9.42. The summed E-state index contributed by atoms with van der Waals surface area (Å²) in [7, 11) is -4.33. The topological polar surface area (TPSA) is 101 Å². The van der Waals surface area contributed by atoms with Crippen molar-refractivity contribution in [2.75, 3.05) is 0 Å². The lowest BCUT2D eigenvalue weighted by atomic mass is 9.64. The van der Waals surface area contributed by atoms with Gasteiger partial charge in [-0.15, -0.1) is 0 Å². The van der Waals surface area contributed by atoms with Crippen molar-refractivity contribution >= 4 is 21.8 Å². The lowest BCUT2D eigenvalue weighted by Gasteiger charge is -2.47. The van der Waals surface area contributed by atoms with Gasteiger partial charge in [-0.25, -0.2) is 0 Å². The van der Waals surface area contributed by atoms with Crippen molar-refractivity contribution in [3.05, 3.63) is 25.3 Å². The Morgan fingerprint density at radius 1 is 1.33 bits per heavy atom. The fourth-order valence-electron chi connectivity index (χ4n) is 3.61. The number of ketones is 1. The number of nitrogens with one attached hydrogen (secondary N) is 1. The van der Waals surface area contributed by atoms with E-state index in [1.54, 1.807) is 6.92 Å². The highest BCUT2D eigenvalue weighted by Crippen LogP contribution is 2.47. The molecule has 1 aliphatic carbocycles. The van der Waals surface area contributed by atoms with Gasteiger partial charge in [0, 0.05) is 12.0 Å². The van der Waals surface area contributed by atoms with E-state index in [2.05, 4.69) is 18.5 Å². The summed E-state index contributed by atoms with van der Waals surface area (Å²) < 4.78 is 33.6. The Morgan fingerprint density at radius 2 is 1.92 bits per heavy atom. The third-order valence-electron chi connectivity index (χ3n) is 5.16. The quantitative estimate of drug-likeness (QED) is 0.538. The van der Waals surface area contributed by atoms with E-state index < -0.39 is 26.3 Å². The molecule has 0 aromatic rings. The molecule has 0 saturated heterocycles. The molecular weight excluding hydrogens is 330 g/mol. The molecule has 1 fully saturated rings. The van der Waals surface area contributed by atoms with Crippen LogP contribution in [-0.2, 0) is 19.7 Å². The highest BCUT2D eigenvalue weighted by atomic mass is 32.2. The monoisotopic (exact) mass is 357 g/mol. The van der Waals surface area contributed by atoms with Crippen LogP contribution in [-0.4, -0.2) is 35.4 Å². The summed E-state index contributed by atoms with van der Waals surface area (Å²) in [6, 6.07) is 0. The first-order chi connectivity index (χ1) is 10.9. The number of allylic oxidation sites excluding steroid dienone is 1. The van der Waals surface area contributed by atoms with Gasteiger partial charge in [-0.3, -0.25) is 14.1 Å². The molecule has 6 nitrogen and oxygen atoms in total. The Bertz CT molecular complexity index is 637. The second-order valence-electron chi connectivity index (χ2n) is 7.39. The zero-order valence-corrected chi connectivity index (χ0v) is 15.4. The Labute approximate surface area is 144 Å². The van der Waals surface area contributed by atoms with Crippen molar-refractivity contribution in [3.63, 3.8) is 0 Å². The van der Waals surface area contributed by atoms with Crippen molar-refractivity contribution in [1.29, 1.82) is 0 Å². The number of carbonyl (C=O) groups is 2. The van der Waals surface area contributed by atoms with Crippen LogP contribution < -0.4 is 5.32 Å². The number of hydrogen-bond acceptors (Lipinski definition) is 4. The molecule has 0 spiro atoms. The van der Waals surface area contributed by atoms with Crippen LogP contribution in [0.15, 0.2) is 25.3 Å². The van der Waals surface area contributed by atoms with E-state index in [0.717, 1.165) is 6.08 Å². The molecule has 1 saturated carbocycles. The van der Waals surface area contributed by atoms with E-state index >= 15 is 0 Å². The van der Waals surface area contributed by atoms with Gasteiger partial charge >= 0.3 is 0 Å². The Kier molecular flexibility index (Phi) is 6.16. The predicted octanol–water partition coefficient (Wildman–Crippen LogP) is 2.28. The van der Waals surface area contributed by atoms with E-state index in [1.807, 2.05) is 13.8 Å². The summed E-state index contributed by atoms with van der Waals surface area (Å²) in [6.07, 6.45) is 3.62. The minimum atomic E-state index is -4.33. The molecule has 0 aliphatic heterocycles. The van der Waals surface area contributed by atoms with Crippen LogP contribution in [0.4, 0.5) is 0 Å². The SMILES string of the molecule is C=CC(=O)CC1(C)CCC(C(C)(C)NC(=O)C=C)CC1S(=O)(=O)O. The van der Waals surface area contributed by atoms with Gasteiger partial charge in [0.25, 0.3) is 10.1 Å². The van der Waals surface area contributed by atoms with Crippen LogP contribution in [0.25, 0.3) is 0 Å². The Hall–Kier alpha value is -1.47. The van der Waals surface area contributed by atoms with Crippen LogP contribution in [0.3, 0.4) is 0 Å². The van der Waals surface area contributed by atoms with E-state index in [4.69, 9.17) is 0 Å². The second-order valence-corrected chi connectivity index (χ2v) is 8.99. The summed E-state index contributed by atoms with van der Waals surface area (Å²) in [5.74, 6) is -0.734. The summed E-state index contributed by atoms with van der Waals surface area (Å²) in [5, 5.41) is 1.75. The van der Waals surface area contributed by atoms with Gasteiger partial charge in [0.1, 0.15) is 0 Å².